The van der Waals surface area contributed by atoms with Crippen LogP contribution in [0.4, 0.5) is 0 Å². The Morgan fingerprint density at radius 1 is 0.925 bits per heavy atom. The molecule has 4 N–H and O–H groups in total. The molecule has 0 saturated carbocycles. The van der Waals surface area contributed by atoms with Gasteiger partial charge >= 0.3 is 11.9 Å². The summed E-state index contributed by atoms with van der Waals surface area (Å²) >= 11 is 0. The van der Waals surface area contributed by atoms with Gasteiger partial charge in [0.2, 0.25) is 0 Å². The van der Waals surface area contributed by atoms with E-state index in [2.05, 4.69) is 21.9 Å². The predicted molar refractivity (Wildman–Crippen MR) is 150 cm³/mol. The first-order valence-electron chi connectivity index (χ1n) is 12.6. The lowest BCUT2D eigenvalue weighted by Crippen LogP contribution is -2.25. The molecule has 0 aliphatic rings. The molecule has 3 aromatic carbocycles. The molecule has 0 aromatic heterocycles. The molecule has 0 fully saturated rings. The second kappa shape index (κ2) is 15.3. The number of benzene rings is 3. The first-order valence-corrected chi connectivity index (χ1v) is 12.6. The van der Waals surface area contributed by atoms with Gasteiger partial charge in [0.1, 0.15) is 18.2 Å². The molecule has 0 aliphatic heterocycles. The second-order valence-corrected chi connectivity index (χ2v) is 8.64. The van der Waals surface area contributed by atoms with Crippen LogP contribution in [-0.2, 0) is 32.1 Å². The van der Waals surface area contributed by atoms with Gasteiger partial charge in [0.05, 0.1) is 19.1 Å². The lowest BCUT2D eigenvalue weighted by molar-refractivity contribution is -0.145. The Bertz CT molecular complexity index is 1390. The predicted octanol–water partition coefficient (Wildman–Crippen LogP) is 3.37. The monoisotopic (exact) mass is 541 g/mol. The molecule has 0 saturated heterocycles. The zero-order valence-electron chi connectivity index (χ0n) is 22.2. The minimum atomic E-state index is -0.525. The molecule has 9 heteroatoms. The Morgan fingerprint density at radius 2 is 1.65 bits per heavy atom. The number of carbonyl (C=O) groups is 3. The van der Waals surface area contributed by atoms with Crippen molar-refractivity contribution < 1.29 is 28.6 Å². The largest absolute Gasteiger partial charge is 0.481 e. The number of hydrogen-bond acceptors (Lipinski definition) is 7. The average Bonchev–Trinajstić information content (AvgIpc) is 2.98. The third kappa shape index (κ3) is 9.65. The third-order valence-corrected chi connectivity index (χ3v) is 5.69. The Morgan fingerprint density at radius 3 is 2.35 bits per heavy atom. The van der Waals surface area contributed by atoms with E-state index in [0.717, 1.165) is 11.1 Å². The summed E-state index contributed by atoms with van der Waals surface area (Å²) in [7, 11) is 1.28. The summed E-state index contributed by atoms with van der Waals surface area (Å²) < 4.78 is 15.5. The summed E-state index contributed by atoms with van der Waals surface area (Å²) in [5.74, 6) is 5.21. The van der Waals surface area contributed by atoms with Crippen molar-refractivity contribution in [3.63, 3.8) is 0 Å². The number of ether oxygens (including phenoxy) is 3. The van der Waals surface area contributed by atoms with E-state index in [1.165, 1.54) is 7.11 Å². The zero-order chi connectivity index (χ0) is 28.7. The van der Waals surface area contributed by atoms with Gasteiger partial charge in [-0.25, -0.2) is 4.79 Å². The van der Waals surface area contributed by atoms with Crippen LogP contribution in [-0.4, -0.2) is 43.9 Å². The molecule has 1 amide bonds. The number of amides is 1. The number of methoxy groups -OCH3 is 1. The van der Waals surface area contributed by atoms with Crippen molar-refractivity contribution in [2.24, 2.45) is 5.73 Å². The standard InChI is InChI=1S/C31H31N3O6/c1-38-29(36)21-39-27-16-11-22(17-18-34-31(37)25-14-12-24(13-15-25)30(32)33)19-26(27)9-5-6-10-28(35)40-20-23-7-3-2-4-8-23/h2-4,7-8,11-16,19H,6,10,17-18,20-21H2,1H3,(H3,32,33)(H,34,37). The highest BCUT2D eigenvalue weighted by molar-refractivity contribution is 5.98. The van der Waals surface area contributed by atoms with E-state index < -0.39 is 5.97 Å². The average molecular weight is 542 g/mol. The molecule has 0 bridgehead atoms. The summed E-state index contributed by atoms with van der Waals surface area (Å²) in [6.07, 6.45) is 0.944. The van der Waals surface area contributed by atoms with Gasteiger partial charge in [0.25, 0.3) is 5.91 Å². The SMILES string of the molecule is COC(=O)COc1ccc(CCNC(=O)c2ccc(C(=N)N)cc2)cc1C#CCCC(=O)OCc1ccccc1. The summed E-state index contributed by atoms with van der Waals surface area (Å²) in [5, 5.41) is 10.3. The minimum absolute atomic E-state index is 0.0622. The van der Waals surface area contributed by atoms with E-state index >= 15 is 0 Å². The Kier molecular flexibility index (Phi) is 11.3. The van der Waals surface area contributed by atoms with Crippen LogP contribution < -0.4 is 15.8 Å². The highest BCUT2D eigenvalue weighted by Crippen LogP contribution is 2.20. The van der Waals surface area contributed by atoms with Crippen LogP contribution in [0.2, 0.25) is 0 Å². The topological polar surface area (TPSA) is 141 Å². The maximum absolute atomic E-state index is 12.5. The van der Waals surface area contributed by atoms with E-state index in [4.69, 9.17) is 20.6 Å². The van der Waals surface area contributed by atoms with Crippen LogP contribution in [0.3, 0.4) is 0 Å². The fourth-order valence-corrected chi connectivity index (χ4v) is 3.51. The van der Waals surface area contributed by atoms with Crippen molar-refractivity contribution in [1.29, 1.82) is 5.41 Å². The molecule has 0 spiro atoms. The van der Waals surface area contributed by atoms with E-state index in [1.54, 1.807) is 30.3 Å². The fraction of sp³-hybridized carbons (Fsp3) is 0.226. The second-order valence-electron chi connectivity index (χ2n) is 8.64. The van der Waals surface area contributed by atoms with E-state index in [0.29, 0.717) is 35.4 Å². The van der Waals surface area contributed by atoms with Gasteiger partial charge in [-0.15, -0.1) is 0 Å². The van der Waals surface area contributed by atoms with E-state index in [9.17, 15) is 14.4 Å². The number of esters is 2. The molecule has 3 rings (SSSR count). The van der Waals surface area contributed by atoms with Gasteiger partial charge in [0, 0.05) is 24.1 Å². The number of nitrogens with two attached hydrogens (primary N) is 1. The molecule has 0 heterocycles. The molecular weight excluding hydrogens is 510 g/mol. The van der Waals surface area contributed by atoms with Gasteiger partial charge in [-0.3, -0.25) is 15.0 Å². The smallest absolute Gasteiger partial charge is 0.343 e. The van der Waals surface area contributed by atoms with Crippen LogP contribution in [0.1, 0.15) is 45.5 Å². The highest BCUT2D eigenvalue weighted by Gasteiger charge is 2.09. The first-order chi connectivity index (χ1) is 19.4. The molecule has 206 valence electrons. The lowest BCUT2D eigenvalue weighted by atomic mass is 10.1. The van der Waals surface area contributed by atoms with Gasteiger partial charge in [0.15, 0.2) is 6.61 Å². The molecule has 40 heavy (non-hydrogen) atoms. The van der Waals surface area contributed by atoms with Gasteiger partial charge in [-0.1, -0.05) is 60.4 Å². The lowest BCUT2D eigenvalue weighted by Gasteiger charge is -2.10. The number of nitrogens with one attached hydrogen (secondary N) is 2. The Hall–Kier alpha value is -5.10. The van der Waals surface area contributed by atoms with Crippen LogP contribution in [0, 0.1) is 17.3 Å². The molecule has 3 aromatic rings. The quantitative estimate of drug-likeness (QED) is 0.138. The number of carbonyl (C=O) groups excluding carboxylic acids is 3. The minimum Gasteiger partial charge on any atom is -0.481 e. The summed E-state index contributed by atoms with van der Waals surface area (Å²) in [6.45, 7) is 0.311. The van der Waals surface area contributed by atoms with Crippen molar-refractivity contribution in [3.05, 3.63) is 101 Å². The normalized spacial score (nSPS) is 10.0. The van der Waals surface area contributed by atoms with Crippen LogP contribution in [0.5, 0.6) is 5.75 Å². The van der Waals surface area contributed by atoms with Crippen LogP contribution in [0.25, 0.3) is 0 Å². The third-order valence-electron chi connectivity index (χ3n) is 5.69. The molecule has 0 aliphatic carbocycles. The number of rotatable bonds is 12. The van der Waals surface area contributed by atoms with Gasteiger partial charge < -0.3 is 25.3 Å². The van der Waals surface area contributed by atoms with Crippen molar-refractivity contribution in [2.45, 2.75) is 25.9 Å². The highest BCUT2D eigenvalue weighted by atomic mass is 16.6. The van der Waals surface area contributed by atoms with E-state index in [1.807, 2.05) is 42.5 Å². The number of nitrogen functional groups attached to an aromatic ring is 1. The van der Waals surface area contributed by atoms with E-state index in [-0.39, 0.29) is 43.8 Å². The molecule has 0 unspecified atom stereocenters. The fourth-order valence-electron chi connectivity index (χ4n) is 3.51. The Balaban J connectivity index is 1.58. The van der Waals surface area contributed by atoms with Crippen LogP contribution in [0.15, 0.2) is 72.8 Å². The van der Waals surface area contributed by atoms with Gasteiger partial charge in [-0.2, -0.15) is 0 Å². The Labute approximate surface area is 233 Å². The maximum atomic E-state index is 12.5. The molecule has 9 nitrogen and oxygen atoms in total. The summed E-state index contributed by atoms with van der Waals surface area (Å²) in [6, 6.07) is 21.3. The van der Waals surface area contributed by atoms with Crippen molar-refractivity contribution in [2.75, 3.05) is 20.3 Å². The van der Waals surface area contributed by atoms with Gasteiger partial charge in [-0.05, 0) is 41.8 Å². The summed E-state index contributed by atoms with van der Waals surface area (Å²) in [5.41, 5.74) is 8.81. The van der Waals surface area contributed by atoms with Crippen molar-refractivity contribution in [1.82, 2.24) is 5.32 Å². The molecular formula is C31H31N3O6. The van der Waals surface area contributed by atoms with Crippen molar-refractivity contribution >= 4 is 23.7 Å². The summed E-state index contributed by atoms with van der Waals surface area (Å²) in [4.78, 5) is 36.1. The number of hydrogen-bond donors (Lipinski definition) is 3. The first kappa shape index (κ1) is 29.5. The molecule has 0 atom stereocenters. The maximum Gasteiger partial charge on any atom is 0.343 e. The zero-order valence-corrected chi connectivity index (χ0v) is 22.2. The number of amidine groups is 1. The van der Waals surface area contributed by atoms with Crippen LogP contribution >= 0.6 is 0 Å². The molecule has 0 radical (unpaired) electrons. The van der Waals surface area contributed by atoms with Crippen molar-refractivity contribution in [3.8, 4) is 17.6 Å².